The van der Waals surface area contributed by atoms with Crippen LogP contribution in [0.2, 0.25) is 5.02 Å². The van der Waals surface area contributed by atoms with Gasteiger partial charge in [0.15, 0.2) is 11.5 Å². The molecule has 3 rings (SSSR count). The average molecular weight is 437 g/mol. The molecule has 1 aliphatic heterocycles. The van der Waals surface area contributed by atoms with E-state index in [-0.39, 0.29) is 5.56 Å². The van der Waals surface area contributed by atoms with Crippen LogP contribution in [0.25, 0.3) is 0 Å². The van der Waals surface area contributed by atoms with Gasteiger partial charge in [-0.1, -0.05) is 11.6 Å². The maximum atomic E-state index is 12.9. The van der Waals surface area contributed by atoms with Gasteiger partial charge in [-0.05, 0) is 36.4 Å². The topological polar surface area (TPSA) is 93.7 Å². The van der Waals surface area contributed by atoms with Gasteiger partial charge in [0, 0.05) is 5.56 Å². The SMILES string of the molecule is O=C(NNS(=O)(=O)c1ccc(Cl)c(C(F)(F)F)c1)c1ccc2c(c1)OCCO2. The summed E-state index contributed by atoms with van der Waals surface area (Å²) in [5.74, 6) is -0.0935. The van der Waals surface area contributed by atoms with Crippen LogP contribution >= 0.6 is 11.6 Å². The van der Waals surface area contributed by atoms with E-state index in [1.165, 1.54) is 18.2 Å². The molecule has 2 aromatic rings. The summed E-state index contributed by atoms with van der Waals surface area (Å²) in [5, 5.41) is -0.647. The highest BCUT2D eigenvalue weighted by molar-refractivity contribution is 7.89. The van der Waals surface area contributed by atoms with Gasteiger partial charge in [0.1, 0.15) is 13.2 Å². The van der Waals surface area contributed by atoms with Gasteiger partial charge in [-0.3, -0.25) is 10.2 Å². The second kappa shape index (κ2) is 7.49. The Morgan fingerprint density at radius 3 is 2.39 bits per heavy atom. The van der Waals surface area contributed by atoms with Gasteiger partial charge in [-0.2, -0.15) is 13.2 Å². The average Bonchev–Trinajstić information content (AvgIpc) is 2.65. The minimum absolute atomic E-state index is 0.0547. The fourth-order valence-corrected chi connectivity index (χ4v) is 3.41. The van der Waals surface area contributed by atoms with Crippen molar-refractivity contribution >= 4 is 27.5 Å². The normalized spacial score (nSPS) is 13.9. The van der Waals surface area contributed by atoms with Crippen molar-refractivity contribution in [3.63, 3.8) is 0 Å². The van der Waals surface area contributed by atoms with E-state index in [1.54, 1.807) is 4.83 Å². The zero-order chi connectivity index (χ0) is 20.5. The van der Waals surface area contributed by atoms with Crippen molar-refractivity contribution < 1.29 is 35.9 Å². The summed E-state index contributed by atoms with van der Waals surface area (Å²) in [5.41, 5.74) is 0.674. The third-order valence-electron chi connectivity index (χ3n) is 3.66. The molecule has 0 aromatic heterocycles. The lowest BCUT2D eigenvalue weighted by Crippen LogP contribution is -2.41. The number of nitrogens with one attached hydrogen (secondary N) is 2. The number of benzene rings is 2. The van der Waals surface area contributed by atoms with Crippen molar-refractivity contribution in [2.75, 3.05) is 13.2 Å². The quantitative estimate of drug-likeness (QED) is 0.719. The van der Waals surface area contributed by atoms with Crippen LogP contribution in [0, 0.1) is 0 Å². The number of ether oxygens (including phenoxy) is 2. The Bertz CT molecular complexity index is 1030. The zero-order valence-electron chi connectivity index (χ0n) is 13.8. The number of halogens is 4. The van der Waals surface area contributed by atoms with E-state index in [4.69, 9.17) is 21.1 Å². The van der Waals surface area contributed by atoms with E-state index >= 15 is 0 Å². The molecule has 0 aliphatic carbocycles. The van der Waals surface area contributed by atoms with Crippen LogP contribution in [0.4, 0.5) is 13.2 Å². The van der Waals surface area contributed by atoms with Crippen molar-refractivity contribution in [1.29, 1.82) is 0 Å². The van der Waals surface area contributed by atoms with Gasteiger partial charge >= 0.3 is 6.18 Å². The van der Waals surface area contributed by atoms with Crippen LogP contribution in [0.15, 0.2) is 41.3 Å². The van der Waals surface area contributed by atoms with Crippen LogP contribution in [-0.4, -0.2) is 27.5 Å². The number of fused-ring (bicyclic) bond motifs is 1. The molecular formula is C16H12ClF3N2O5S. The summed E-state index contributed by atoms with van der Waals surface area (Å²) in [6.07, 6.45) is -4.84. The van der Waals surface area contributed by atoms with E-state index < -0.39 is 37.6 Å². The van der Waals surface area contributed by atoms with Crippen LogP contribution in [0.3, 0.4) is 0 Å². The van der Waals surface area contributed by atoms with E-state index in [9.17, 15) is 26.4 Å². The molecule has 0 unspecified atom stereocenters. The summed E-state index contributed by atoms with van der Waals surface area (Å²) in [6.45, 7) is 0.655. The van der Waals surface area contributed by atoms with Crippen LogP contribution < -0.4 is 19.7 Å². The Kier molecular flexibility index (Phi) is 5.41. The smallest absolute Gasteiger partial charge is 0.417 e. The maximum absolute atomic E-state index is 12.9. The van der Waals surface area contributed by atoms with Crippen LogP contribution in [0.1, 0.15) is 15.9 Å². The molecule has 12 heteroatoms. The molecule has 7 nitrogen and oxygen atoms in total. The molecule has 150 valence electrons. The standard InChI is InChI=1S/C16H12ClF3N2O5S/c17-12-3-2-10(8-11(12)16(18,19)20)28(24,25)22-21-15(23)9-1-4-13-14(7-9)27-6-5-26-13/h1-4,7-8,22H,5-6H2,(H,21,23). The molecule has 0 atom stereocenters. The first-order valence-electron chi connectivity index (χ1n) is 7.66. The number of hydrogen-bond acceptors (Lipinski definition) is 5. The van der Waals surface area contributed by atoms with Crippen LogP contribution in [-0.2, 0) is 16.2 Å². The highest BCUT2D eigenvalue weighted by atomic mass is 35.5. The number of carbonyl (C=O) groups is 1. The Morgan fingerprint density at radius 1 is 1.04 bits per heavy atom. The van der Waals surface area contributed by atoms with E-state index in [0.29, 0.717) is 30.8 Å². The Morgan fingerprint density at radius 2 is 1.71 bits per heavy atom. The highest BCUT2D eigenvalue weighted by Gasteiger charge is 2.34. The van der Waals surface area contributed by atoms with Gasteiger partial charge < -0.3 is 9.47 Å². The molecule has 0 bridgehead atoms. The lowest BCUT2D eigenvalue weighted by molar-refractivity contribution is -0.137. The minimum atomic E-state index is -4.84. The number of hydrazine groups is 1. The van der Waals surface area contributed by atoms with Crippen LogP contribution in [0.5, 0.6) is 11.5 Å². The van der Waals surface area contributed by atoms with E-state index in [0.717, 1.165) is 12.1 Å². The van der Waals surface area contributed by atoms with Gasteiger partial charge in [0.2, 0.25) is 0 Å². The van der Waals surface area contributed by atoms with Crippen molar-refractivity contribution in [3.05, 3.63) is 52.5 Å². The second-order valence-electron chi connectivity index (χ2n) is 5.56. The molecule has 0 fully saturated rings. The Hall–Kier alpha value is -2.50. The largest absolute Gasteiger partial charge is 0.486 e. The first-order valence-corrected chi connectivity index (χ1v) is 9.52. The molecule has 1 amide bonds. The molecule has 0 radical (unpaired) electrons. The summed E-state index contributed by atoms with van der Waals surface area (Å²) in [7, 11) is -4.48. The Balaban J connectivity index is 1.76. The Labute approximate surface area is 162 Å². The molecule has 2 aromatic carbocycles. The summed E-state index contributed by atoms with van der Waals surface area (Å²) in [6, 6.07) is 6.27. The van der Waals surface area contributed by atoms with Gasteiger partial charge in [-0.15, -0.1) is 4.83 Å². The third-order valence-corrected chi connectivity index (χ3v) is 5.23. The third kappa shape index (κ3) is 4.32. The summed E-state index contributed by atoms with van der Waals surface area (Å²) < 4.78 is 73.7. The van der Waals surface area contributed by atoms with Crippen molar-refractivity contribution in [2.45, 2.75) is 11.1 Å². The van der Waals surface area contributed by atoms with Gasteiger partial charge in [-0.25, -0.2) is 8.42 Å². The predicted molar refractivity (Wildman–Crippen MR) is 91.7 cm³/mol. The predicted octanol–water partition coefficient (Wildman–Crippen LogP) is 2.75. The molecule has 1 heterocycles. The number of carbonyl (C=O) groups excluding carboxylic acids is 1. The summed E-state index contributed by atoms with van der Waals surface area (Å²) >= 11 is 5.47. The first-order chi connectivity index (χ1) is 13.1. The molecule has 28 heavy (non-hydrogen) atoms. The van der Waals surface area contributed by atoms with Gasteiger partial charge in [0.05, 0.1) is 15.5 Å². The zero-order valence-corrected chi connectivity index (χ0v) is 15.4. The first kappa shape index (κ1) is 20.2. The molecule has 0 saturated heterocycles. The fourth-order valence-electron chi connectivity index (χ4n) is 2.32. The number of sulfonamides is 1. The maximum Gasteiger partial charge on any atom is 0.417 e. The summed E-state index contributed by atoms with van der Waals surface area (Å²) in [4.78, 5) is 13.2. The highest BCUT2D eigenvalue weighted by Crippen LogP contribution is 2.36. The number of amides is 1. The van der Waals surface area contributed by atoms with E-state index in [1.807, 2.05) is 5.43 Å². The fraction of sp³-hybridized carbons (Fsp3) is 0.188. The van der Waals surface area contributed by atoms with Crippen molar-refractivity contribution in [1.82, 2.24) is 10.3 Å². The number of rotatable bonds is 4. The second-order valence-corrected chi connectivity index (χ2v) is 7.65. The van der Waals surface area contributed by atoms with Crippen molar-refractivity contribution in [3.8, 4) is 11.5 Å². The number of alkyl halides is 3. The number of hydrogen-bond donors (Lipinski definition) is 2. The lowest BCUT2D eigenvalue weighted by atomic mass is 10.2. The molecule has 2 N–H and O–H groups in total. The van der Waals surface area contributed by atoms with Gasteiger partial charge in [0.25, 0.3) is 15.9 Å². The monoisotopic (exact) mass is 436 g/mol. The lowest BCUT2D eigenvalue weighted by Gasteiger charge is -2.18. The minimum Gasteiger partial charge on any atom is -0.486 e. The molecular weight excluding hydrogens is 425 g/mol. The van der Waals surface area contributed by atoms with Crippen molar-refractivity contribution in [2.24, 2.45) is 0 Å². The van der Waals surface area contributed by atoms with E-state index in [2.05, 4.69) is 0 Å². The molecule has 1 aliphatic rings. The molecule has 0 spiro atoms. The molecule has 0 saturated carbocycles.